The van der Waals surface area contributed by atoms with Crippen LogP contribution < -0.4 is 91.0 Å². The summed E-state index contributed by atoms with van der Waals surface area (Å²) >= 11 is 0. The van der Waals surface area contributed by atoms with Crippen LogP contribution in [0.15, 0.2) is 0 Å². The van der Waals surface area contributed by atoms with Gasteiger partial charge in [0, 0.05) is 51.9 Å². The van der Waals surface area contributed by atoms with Crippen LogP contribution in [0.2, 0.25) is 0 Å². The molecule has 0 aromatic rings. The molecule has 25 heteroatoms. The fraction of sp³-hybridized carbons (Fsp3) is 0.940. The maximum absolute atomic E-state index is 13.3. The number of phosphoric acid groups is 2. The fourth-order valence-electron chi connectivity index (χ4n) is 13.2. The summed E-state index contributed by atoms with van der Waals surface area (Å²) < 4.78 is 59.8. The Kier molecular flexibility index (Phi) is 86.9. The van der Waals surface area contributed by atoms with Crippen molar-refractivity contribution in [1.29, 1.82) is 0 Å². The van der Waals surface area contributed by atoms with Crippen molar-refractivity contribution in [1.82, 2.24) is 31.9 Å². The summed E-state index contributed by atoms with van der Waals surface area (Å²) in [5.74, 6) is -0.703. The zero-order chi connectivity index (χ0) is 77.8. The van der Waals surface area contributed by atoms with E-state index in [0.29, 0.717) is 51.6 Å². The Morgan fingerprint density at radius 1 is 0.315 bits per heavy atom. The summed E-state index contributed by atoms with van der Waals surface area (Å²) in [6.07, 6.45) is 61.0. The second kappa shape index (κ2) is 84.2. The molecule has 108 heavy (non-hydrogen) atoms. The molecule has 4 amide bonds. The molecule has 0 rings (SSSR count). The van der Waals surface area contributed by atoms with Crippen LogP contribution in [0.1, 0.15) is 417 Å². The molecule has 0 saturated heterocycles. The maximum atomic E-state index is 13.3. The molecule has 0 spiro atoms. The molecule has 0 radical (unpaired) electrons. The molecular weight excluding hydrogens is 1430 g/mol. The number of nitrogens with one attached hydrogen (secondary N) is 6. The molecule has 0 aromatic carbocycles. The molecule has 6 atom stereocenters. The Morgan fingerprint density at radius 2 is 0.556 bits per heavy atom. The number of ether oxygens (including phenoxy) is 2. The van der Waals surface area contributed by atoms with Crippen molar-refractivity contribution in [2.75, 3.05) is 65.7 Å². The van der Waals surface area contributed by atoms with Crippen molar-refractivity contribution in [2.24, 2.45) is 0 Å². The van der Waals surface area contributed by atoms with Crippen molar-refractivity contribution >= 4 is 45.4 Å². The monoisotopic (exact) mass is 1600 g/mol. The third-order valence-electron chi connectivity index (χ3n) is 19.8. The third-order valence-corrected chi connectivity index (χ3v) is 21.8. The van der Waals surface area contributed by atoms with Gasteiger partial charge in [0.05, 0.1) is 38.5 Å². The number of rotatable bonds is 84. The van der Waals surface area contributed by atoms with Gasteiger partial charge in [-0.25, -0.2) is 13.9 Å². The van der Waals surface area contributed by atoms with Gasteiger partial charge in [-0.05, 0) is 77.3 Å². The minimum absolute atomic E-state index is 0. The molecule has 0 fully saturated rings. The van der Waals surface area contributed by atoms with Gasteiger partial charge in [-0.3, -0.25) is 37.3 Å². The van der Waals surface area contributed by atoms with Gasteiger partial charge in [-0.2, -0.15) is 0 Å². The fourth-order valence-corrected chi connectivity index (χ4v) is 14.7. The second-order valence-corrected chi connectivity index (χ2v) is 33.2. The van der Waals surface area contributed by atoms with Crippen molar-refractivity contribution < 1.29 is 132 Å². The number of carbonyl (C=O) groups is 5. The summed E-state index contributed by atoms with van der Waals surface area (Å²) in [6.45, 7) is 12.8. The second-order valence-electron chi connectivity index (χ2n) is 30.2. The van der Waals surface area contributed by atoms with Crippen LogP contribution in [0.25, 0.3) is 0 Å². The van der Waals surface area contributed by atoms with Gasteiger partial charge in [-0.1, -0.05) is 324 Å². The first-order valence-electron chi connectivity index (χ1n) is 44.2. The average molecular weight is 1600 g/mol. The zero-order valence-electron chi connectivity index (χ0n) is 73.0. The molecule has 21 nitrogen and oxygen atoms in total. The normalized spacial score (nSPS) is 13.6. The first kappa shape index (κ1) is 111. The number of unbranched alkanes of at least 4 members (excludes halogenated alkanes) is 44. The molecular formula is C83H168N6Na2O15P2. The summed E-state index contributed by atoms with van der Waals surface area (Å²) in [5.41, 5.74) is 0. The van der Waals surface area contributed by atoms with E-state index in [9.17, 15) is 42.9 Å². The van der Waals surface area contributed by atoms with Gasteiger partial charge in [0.1, 0.15) is 12.2 Å². The molecule has 0 aliphatic heterocycles. The summed E-state index contributed by atoms with van der Waals surface area (Å²) in [5, 5.41) is 17.8. The van der Waals surface area contributed by atoms with Crippen LogP contribution in [0.4, 0.5) is 4.79 Å². The molecule has 0 aliphatic rings. The van der Waals surface area contributed by atoms with Gasteiger partial charge in [-0.15, -0.1) is 0 Å². The number of amides is 4. The summed E-state index contributed by atoms with van der Waals surface area (Å²) in [6, 6.07) is -2.08. The smallest absolute Gasteiger partial charge is 1.00 e. The van der Waals surface area contributed by atoms with Gasteiger partial charge >= 0.3 is 92.7 Å². The van der Waals surface area contributed by atoms with Gasteiger partial charge in [0.15, 0.2) is 0 Å². The molecule has 0 aliphatic carbocycles. The van der Waals surface area contributed by atoms with E-state index >= 15 is 0 Å². The minimum atomic E-state index is -4.67. The number of hydrogen-bond donors (Lipinski definition) is 8. The predicted octanol–water partition coefficient (Wildman–Crippen LogP) is 15.5. The third kappa shape index (κ3) is 80.5. The molecule has 632 valence electrons. The van der Waals surface area contributed by atoms with E-state index < -0.39 is 47.0 Å². The number of phosphoric ester groups is 2. The topological polar surface area (TPSA) is 288 Å². The Hall–Kier alpha value is -0.710. The number of carbonyl (C=O) groups excluding carboxylic acids is 5. The molecule has 8 N–H and O–H groups in total. The summed E-state index contributed by atoms with van der Waals surface area (Å²) in [4.78, 5) is 87.0. The van der Waals surface area contributed by atoms with Crippen molar-refractivity contribution in [3.8, 4) is 0 Å². The Morgan fingerprint density at radius 3 is 0.824 bits per heavy atom. The van der Waals surface area contributed by atoms with Crippen LogP contribution in [0.3, 0.4) is 0 Å². The molecule has 0 heterocycles. The average Bonchev–Trinajstić information content (AvgIpc) is 0.913. The van der Waals surface area contributed by atoms with E-state index in [1.807, 2.05) is 0 Å². The van der Waals surface area contributed by atoms with Crippen LogP contribution >= 0.6 is 15.6 Å². The van der Waals surface area contributed by atoms with Crippen LogP contribution in [-0.4, -0.2) is 130 Å². The van der Waals surface area contributed by atoms with E-state index in [-0.39, 0.29) is 137 Å². The number of urea groups is 1. The van der Waals surface area contributed by atoms with Crippen LogP contribution in [0.5, 0.6) is 0 Å². The standard InChI is InChI=1S/C83H166N6O15P2.2Na.2H/c1-7-13-19-25-29-33-35-39-41-47-53-59-79(90)88-75(71-84-65-63-77(57-51-45-23-17-11-5)103-81(92)61-55-49-43-37-31-27-21-15-9-3)73-101-105(95,96)99-69-67-86-83(94)87-68-70-100-106(97,98)102-74-76(89-80(91)60-54-48-42-40-36-34-30-26-20-14-8-2)72-85-66-64-78(58-52-46-24-18-12-6)104-82(93)62-56-50-44-38-32-28-22-16-10-4;;;;/h75-78,84-85H,7-74H2,1-6H3,(H,88,90)(H,89,91)(H,95,96)(H,97,98)(H2,86,87,94);;;;/q;2*+1;2*-1/t75-,76-,77-,78-;;;;/m1..../s1. The number of esters is 2. The number of hydrogen-bond acceptors (Lipinski definition) is 15. The zero-order valence-corrected chi connectivity index (χ0v) is 76.8. The SMILES string of the molecule is CCCCCCCCCCCCCC(=O)N[C@H](CNCC[C@@H](CCCCCCC)OC(=O)CCCCCCCCCCC)COP(=O)(O)OCCNC(=O)NCCOP(=O)(O)OC[C@@H](CNCC[C@@H](CCCCCCC)OC(=O)CCCCCCCCCCC)NC(=O)CCCCCCCCCCCCC.[H-].[H-].[Na+].[Na+]. The predicted molar refractivity (Wildman–Crippen MR) is 438 cm³/mol. The van der Waals surface area contributed by atoms with Gasteiger partial charge in [0.2, 0.25) is 11.8 Å². The molecule has 0 aromatic heterocycles. The minimum Gasteiger partial charge on any atom is -1.00 e. The molecule has 0 bridgehead atoms. The van der Waals surface area contributed by atoms with Gasteiger partial charge in [0.25, 0.3) is 0 Å². The van der Waals surface area contributed by atoms with Crippen molar-refractivity contribution in [3.63, 3.8) is 0 Å². The van der Waals surface area contributed by atoms with Crippen molar-refractivity contribution in [2.45, 2.75) is 438 Å². The first-order chi connectivity index (χ1) is 51.5. The van der Waals surface area contributed by atoms with E-state index in [2.05, 4.69) is 73.4 Å². The van der Waals surface area contributed by atoms with E-state index in [4.69, 9.17) is 27.6 Å². The van der Waals surface area contributed by atoms with E-state index in [0.717, 1.165) is 154 Å². The summed E-state index contributed by atoms with van der Waals surface area (Å²) in [7, 11) is -9.34. The van der Waals surface area contributed by atoms with E-state index in [1.54, 1.807) is 0 Å². The Labute approximate surface area is 708 Å². The molecule has 2 unspecified atom stereocenters. The van der Waals surface area contributed by atoms with Crippen LogP contribution in [-0.2, 0) is 55.9 Å². The molecule has 0 saturated carbocycles. The largest absolute Gasteiger partial charge is 1.00 e. The van der Waals surface area contributed by atoms with Crippen LogP contribution in [0, 0.1) is 0 Å². The Balaban J connectivity index is -0.00000919. The Bertz CT molecular complexity index is 2000. The van der Waals surface area contributed by atoms with E-state index in [1.165, 1.54) is 180 Å². The first-order valence-corrected chi connectivity index (χ1v) is 47.2. The van der Waals surface area contributed by atoms with Gasteiger partial charge < -0.3 is 54.0 Å². The van der Waals surface area contributed by atoms with Crippen molar-refractivity contribution in [3.05, 3.63) is 0 Å². The maximum Gasteiger partial charge on any atom is 1.00 e. The quantitative estimate of drug-likeness (QED) is 0.0122.